The van der Waals surface area contributed by atoms with Gasteiger partial charge in [0.15, 0.2) is 4.31 Å². The zero-order valence-corrected chi connectivity index (χ0v) is 12.4. The molecule has 1 saturated heterocycles. The highest BCUT2D eigenvalue weighted by molar-refractivity contribution is 7.48. The summed E-state index contributed by atoms with van der Waals surface area (Å²) in [7, 11) is -3.28. The summed E-state index contributed by atoms with van der Waals surface area (Å²) >= 11 is 0. The predicted octanol–water partition coefficient (Wildman–Crippen LogP) is 2.52. The number of hydrogen-bond donors (Lipinski definition) is 1. The third kappa shape index (κ3) is 5.76. The van der Waals surface area contributed by atoms with Gasteiger partial charge in [-0.3, -0.25) is 0 Å². The van der Waals surface area contributed by atoms with Gasteiger partial charge in [0.25, 0.3) is 0 Å². The van der Waals surface area contributed by atoms with Crippen molar-refractivity contribution < 1.29 is 27.6 Å². The van der Waals surface area contributed by atoms with Crippen molar-refractivity contribution >= 4 is 16.5 Å². The van der Waals surface area contributed by atoms with Crippen LogP contribution >= 0.6 is 16.5 Å². The summed E-state index contributed by atoms with van der Waals surface area (Å²) < 4.78 is 35.6. The lowest BCUT2D eigenvalue weighted by Gasteiger charge is -2.20. The second-order valence-electron chi connectivity index (χ2n) is 4.18. The van der Waals surface area contributed by atoms with Crippen LogP contribution in [0.25, 0.3) is 0 Å². The Morgan fingerprint density at radius 1 is 1.17 bits per heavy atom. The Balaban J connectivity index is 2.32. The summed E-state index contributed by atoms with van der Waals surface area (Å²) in [6, 6.07) is 0. The minimum Gasteiger partial charge on any atom is -0.337 e. The molecule has 1 heterocycles. The Morgan fingerprint density at radius 2 is 1.78 bits per heavy atom. The summed E-state index contributed by atoms with van der Waals surface area (Å²) in [6.07, 6.45) is 3.41. The quantitative estimate of drug-likeness (QED) is 0.571. The van der Waals surface area contributed by atoms with Crippen LogP contribution in [0.3, 0.4) is 0 Å². The molecule has 0 aliphatic carbocycles. The van der Waals surface area contributed by atoms with E-state index in [0.29, 0.717) is 6.54 Å². The van der Waals surface area contributed by atoms with Gasteiger partial charge in [-0.15, -0.1) is 0 Å². The van der Waals surface area contributed by atoms with Crippen LogP contribution < -0.4 is 0 Å². The molecule has 0 spiro atoms. The van der Waals surface area contributed by atoms with Crippen molar-refractivity contribution in [3.63, 3.8) is 0 Å². The normalized spacial score (nSPS) is 28.9. The number of unbranched alkanes of at least 4 members (excludes halogenated alkanes) is 2. The Labute approximate surface area is 108 Å². The first-order valence-corrected chi connectivity index (χ1v) is 8.06. The first-order valence-electron chi connectivity index (χ1n) is 5.87. The number of hydrogen-bond acceptors (Lipinski definition) is 7. The average molecular weight is 299 g/mol. The molecule has 0 aromatic rings. The van der Waals surface area contributed by atoms with Crippen LogP contribution in [0.15, 0.2) is 0 Å². The fourth-order valence-electron chi connectivity index (χ4n) is 1.50. The fraction of sp³-hybridized carbons (Fsp3) is 1.00. The van der Waals surface area contributed by atoms with Crippen molar-refractivity contribution in [2.24, 2.45) is 0 Å². The van der Waals surface area contributed by atoms with E-state index in [1.165, 1.54) is 0 Å². The molecule has 0 aromatic carbocycles. The van der Waals surface area contributed by atoms with E-state index in [1.54, 1.807) is 0 Å². The van der Waals surface area contributed by atoms with Gasteiger partial charge in [-0.2, -0.15) is 0 Å². The molecule has 1 fully saturated rings. The van der Waals surface area contributed by atoms with Gasteiger partial charge < -0.3 is 10.0 Å². The van der Waals surface area contributed by atoms with Crippen LogP contribution in [-0.4, -0.2) is 36.1 Å². The molecule has 1 N–H and O–H groups in total. The van der Waals surface area contributed by atoms with Crippen LogP contribution in [0.1, 0.15) is 32.6 Å². The molecule has 2 unspecified atom stereocenters. The smallest absolute Gasteiger partial charge is 0.337 e. The molecule has 104 valence electrons. The molecule has 7 nitrogen and oxygen atoms in total. The standard InChI is InChI=1S/C9H19NO6P2/c1-3-4-5-7-10(2)8-6-9(11)14-17(12)16-18(13)15-9/h11H,3-8H2,1-2H3/q+2. The monoisotopic (exact) mass is 299 g/mol. The first kappa shape index (κ1) is 16.1. The Morgan fingerprint density at radius 3 is 2.33 bits per heavy atom. The molecule has 0 radical (unpaired) electrons. The summed E-state index contributed by atoms with van der Waals surface area (Å²) in [4.78, 5) is 2.00. The molecular formula is C9H19NO6P2+2. The van der Waals surface area contributed by atoms with Crippen LogP contribution in [0.5, 0.6) is 0 Å². The van der Waals surface area contributed by atoms with E-state index in [1.807, 2.05) is 11.9 Å². The lowest BCUT2D eigenvalue weighted by atomic mass is 10.2. The maximum absolute atomic E-state index is 11.0. The Bertz CT molecular complexity index is 297. The van der Waals surface area contributed by atoms with Gasteiger partial charge in [-0.05, 0) is 29.1 Å². The number of nitrogens with zero attached hydrogens (tertiary/aromatic N) is 1. The van der Waals surface area contributed by atoms with Crippen molar-refractivity contribution in [2.75, 3.05) is 20.1 Å². The van der Waals surface area contributed by atoms with Crippen LogP contribution in [0, 0.1) is 0 Å². The van der Waals surface area contributed by atoms with Gasteiger partial charge in [-0.1, -0.05) is 19.8 Å². The topological polar surface area (TPSA) is 85.3 Å². The van der Waals surface area contributed by atoms with Crippen LogP contribution in [-0.2, 0) is 22.5 Å². The molecule has 1 aliphatic heterocycles. The second-order valence-corrected chi connectivity index (χ2v) is 6.10. The van der Waals surface area contributed by atoms with E-state index >= 15 is 0 Å². The largest absolute Gasteiger partial charge is 0.753 e. The Hall–Kier alpha value is -0.0000000000000000486. The van der Waals surface area contributed by atoms with E-state index in [-0.39, 0.29) is 6.42 Å². The fourth-order valence-corrected chi connectivity index (χ4v) is 2.99. The van der Waals surface area contributed by atoms with Gasteiger partial charge in [-0.25, -0.2) is 0 Å². The molecule has 0 bridgehead atoms. The van der Waals surface area contributed by atoms with E-state index < -0.39 is 22.5 Å². The summed E-state index contributed by atoms with van der Waals surface area (Å²) in [5.74, 6) is -2.09. The highest BCUT2D eigenvalue weighted by atomic mass is 31.2. The lowest BCUT2D eigenvalue weighted by molar-refractivity contribution is -0.285. The molecule has 1 rings (SSSR count). The van der Waals surface area contributed by atoms with Gasteiger partial charge in [0, 0.05) is 15.7 Å². The van der Waals surface area contributed by atoms with E-state index in [0.717, 1.165) is 25.8 Å². The first-order chi connectivity index (χ1) is 8.45. The van der Waals surface area contributed by atoms with Gasteiger partial charge >= 0.3 is 22.5 Å². The summed E-state index contributed by atoms with van der Waals surface area (Å²) in [6.45, 7) is 3.49. The minimum absolute atomic E-state index is 0.0567. The minimum atomic E-state index is -2.59. The molecule has 0 aromatic heterocycles. The molecular weight excluding hydrogens is 280 g/mol. The average Bonchev–Trinajstić information content (AvgIpc) is 2.25. The lowest BCUT2D eigenvalue weighted by Crippen LogP contribution is -2.37. The third-order valence-electron chi connectivity index (χ3n) is 2.52. The molecule has 0 amide bonds. The Kier molecular flexibility index (Phi) is 6.74. The zero-order chi connectivity index (χ0) is 13.6. The van der Waals surface area contributed by atoms with Crippen LogP contribution in [0.2, 0.25) is 0 Å². The second kappa shape index (κ2) is 7.56. The number of rotatable bonds is 7. The number of aliphatic hydroxyl groups is 1. The predicted molar refractivity (Wildman–Crippen MR) is 65.1 cm³/mol. The molecule has 0 saturated carbocycles. The molecule has 18 heavy (non-hydrogen) atoms. The maximum Gasteiger partial charge on any atom is 0.753 e. The van der Waals surface area contributed by atoms with Crippen molar-refractivity contribution in [3.8, 4) is 0 Å². The molecule has 9 heteroatoms. The molecule has 2 atom stereocenters. The highest BCUT2D eigenvalue weighted by Gasteiger charge is 2.61. The van der Waals surface area contributed by atoms with Crippen molar-refractivity contribution in [3.05, 3.63) is 0 Å². The van der Waals surface area contributed by atoms with Gasteiger partial charge in [0.1, 0.15) is 0 Å². The van der Waals surface area contributed by atoms with Crippen molar-refractivity contribution in [1.82, 2.24) is 4.90 Å². The third-order valence-corrected chi connectivity index (χ3v) is 4.46. The maximum atomic E-state index is 11.0. The zero-order valence-electron chi connectivity index (χ0n) is 10.6. The van der Waals surface area contributed by atoms with Gasteiger partial charge in [0.05, 0.1) is 6.42 Å². The van der Waals surface area contributed by atoms with E-state index in [9.17, 15) is 14.2 Å². The summed E-state index contributed by atoms with van der Waals surface area (Å²) in [5, 5.41) is 9.81. The van der Waals surface area contributed by atoms with E-state index in [4.69, 9.17) is 0 Å². The highest BCUT2D eigenvalue weighted by Crippen LogP contribution is 2.51. The molecule has 1 aliphatic rings. The van der Waals surface area contributed by atoms with Crippen molar-refractivity contribution in [1.29, 1.82) is 0 Å². The van der Waals surface area contributed by atoms with Crippen LogP contribution in [0.4, 0.5) is 0 Å². The van der Waals surface area contributed by atoms with Gasteiger partial charge in [0.2, 0.25) is 0 Å². The summed E-state index contributed by atoms with van der Waals surface area (Å²) in [5.41, 5.74) is 0. The SMILES string of the molecule is CCCCCN(C)CCC1(O)O[P+](=O)O[P+](=O)O1. The van der Waals surface area contributed by atoms with E-state index in [2.05, 4.69) is 20.3 Å². The van der Waals surface area contributed by atoms with Crippen molar-refractivity contribution in [2.45, 2.75) is 38.6 Å².